The van der Waals surface area contributed by atoms with Crippen LogP contribution in [0, 0.1) is 11.8 Å². The van der Waals surface area contributed by atoms with Gasteiger partial charge in [0.2, 0.25) is 15.9 Å². The van der Waals surface area contributed by atoms with Gasteiger partial charge in [-0.1, -0.05) is 24.3 Å². The lowest BCUT2D eigenvalue weighted by atomic mass is 10.1. The molecule has 1 saturated carbocycles. The maximum Gasteiger partial charge on any atom is 0.307 e. The fraction of sp³-hybridized carbons (Fsp3) is 0.429. The average molecular weight is 326 g/mol. The lowest BCUT2D eigenvalue weighted by Crippen LogP contribution is -2.26. The summed E-state index contributed by atoms with van der Waals surface area (Å²) in [5.41, 5.74) is 1.48. The van der Waals surface area contributed by atoms with Gasteiger partial charge in [-0.2, -0.15) is 0 Å². The van der Waals surface area contributed by atoms with Crippen molar-refractivity contribution in [3.05, 3.63) is 35.4 Å². The second-order valence-electron chi connectivity index (χ2n) is 5.28. The Kier molecular flexibility index (Phi) is 4.82. The number of hydrogen-bond donors (Lipinski definition) is 3. The minimum atomic E-state index is -3.30. The van der Waals surface area contributed by atoms with E-state index in [-0.39, 0.29) is 11.7 Å². The molecule has 2 rings (SSSR count). The number of benzene rings is 1. The molecule has 1 fully saturated rings. The predicted octanol–water partition coefficient (Wildman–Crippen LogP) is 0.0727. The second kappa shape index (κ2) is 6.45. The molecule has 2 atom stereocenters. The monoisotopic (exact) mass is 326 g/mol. The van der Waals surface area contributed by atoms with Crippen molar-refractivity contribution in [2.24, 2.45) is 11.8 Å². The Bertz CT molecular complexity index is 669. The zero-order valence-corrected chi connectivity index (χ0v) is 12.9. The molecular formula is C14H18N2O5S. The summed E-state index contributed by atoms with van der Waals surface area (Å²) in [6.07, 6.45) is 0.391. The highest BCUT2D eigenvalue weighted by atomic mass is 32.2. The largest absolute Gasteiger partial charge is 0.481 e. The number of amides is 1. The van der Waals surface area contributed by atoms with Gasteiger partial charge in [0.05, 0.1) is 17.6 Å². The minimum Gasteiger partial charge on any atom is -0.481 e. The fourth-order valence-corrected chi connectivity index (χ4v) is 2.90. The predicted molar refractivity (Wildman–Crippen MR) is 79.2 cm³/mol. The van der Waals surface area contributed by atoms with Gasteiger partial charge in [-0.3, -0.25) is 9.59 Å². The van der Waals surface area contributed by atoms with Crippen LogP contribution in [0.1, 0.15) is 17.5 Å². The number of carboxylic acids is 1. The van der Waals surface area contributed by atoms with Crippen molar-refractivity contribution in [2.75, 3.05) is 7.05 Å². The first-order valence-corrected chi connectivity index (χ1v) is 8.47. The summed E-state index contributed by atoms with van der Waals surface area (Å²) in [5.74, 6) is -2.28. The van der Waals surface area contributed by atoms with Gasteiger partial charge in [0.25, 0.3) is 0 Å². The molecule has 0 spiro atoms. The smallest absolute Gasteiger partial charge is 0.307 e. The van der Waals surface area contributed by atoms with Crippen molar-refractivity contribution >= 4 is 21.9 Å². The van der Waals surface area contributed by atoms with Crippen molar-refractivity contribution < 1.29 is 23.1 Å². The van der Waals surface area contributed by atoms with E-state index in [1.165, 1.54) is 7.05 Å². The van der Waals surface area contributed by atoms with Crippen molar-refractivity contribution in [3.63, 3.8) is 0 Å². The maximum absolute atomic E-state index is 11.7. The fourth-order valence-electron chi connectivity index (χ4n) is 2.12. The topological polar surface area (TPSA) is 113 Å². The van der Waals surface area contributed by atoms with E-state index in [0.717, 1.165) is 5.56 Å². The first-order chi connectivity index (χ1) is 10.3. The van der Waals surface area contributed by atoms with E-state index in [1.54, 1.807) is 24.3 Å². The molecule has 3 N–H and O–H groups in total. The Morgan fingerprint density at radius 3 is 2.27 bits per heavy atom. The highest BCUT2D eigenvalue weighted by Gasteiger charge is 2.48. The molecule has 0 radical (unpaired) electrons. The van der Waals surface area contributed by atoms with Crippen LogP contribution in [-0.4, -0.2) is 32.4 Å². The van der Waals surface area contributed by atoms with E-state index in [0.29, 0.717) is 18.5 Å². The van der Waals surface area contributed by atoms with E-state index < -0.39 is 27.8 Å². The SMILES string of the molecule is CNS(=O)(=O)Cc1ccc(CNC(=O)C2CC2C(=O)O)cc1. The van der Waals surface area contributed by atoms with Crippen molar-refractivity contribution in [3.8, 4) is 0 Å². The van der Waals surface area contributed by atoms with Gasteiger partial charge in [-0.05, 0) is 24.6 Å². The van der Waals surface area contributed by atoms with E-state index in [4.69, 9.17) is 5.11 Å². The number of rotatable bonds is 7. The summed E-state index contributed by atoms with van der Waals surface area (Å²) >= 11 is 0. The van der Waals surface area contributed by atoms with Crippen molar-refractivity contribution in [2.45, 2.75) is 18.7 Å². The molecule has 7 nitrogen and oxygen atoms in total. The van der Waals surface area contributed by atoms with Crippen molar-refractivity contribution in [1.82, 2.24) is 10.0 Å². The van der Waals surface area contributed by atoms with Gasteiger partial charge in [-0.25, -0.2) is 13.1 Å². The van der Waals surface area contributed by atoms with Crippen LogP contribution in [0.15, 0.2) is 24.3 Å². The maximum atomic E-state index is 11.7. The summed E-state index contributed by atoms with van der Waals surface area (Å²) < 4.78 is 25.1. The van der Waals surface area contributed by atoms with Crippen LogP contribution in [0.5, 0.6) is 0 Å². The summed E-state index contributed by atoms with van der Waals surface area (Å²) in [6.45, 7) is 0.292. The Hall–Kier alpha value is -1.93. The van der Waals surface area contributed by atoms with Crippen LogP contribution in [-0.2, 0) is 31.9 Å². The summed E-state index contributed by atoms with van der Waals surface area (Å²) in [4.78, 5) is 22.4. The molecule has 1 amide bonds. The Labute approximate surface area is 128 Å². The molecule has 2 unspecified atom stereocenters. The number of carbonyl (C=O) groups is 2. The Morgan fingerprint density at radius 2 is 1.77 bits per heavy atom. The van der Waals surface area contributed by atoms with Crippen LogP contribution >= 0.6 is 0 Å². The highest BCUT2D eigenvalue weighted by molar-refractivity contribution is 7.88. The Morgan fingerprint density at radius 1 is 1.18 bits per heavy atom. The van der Waals surface area contributed by atoms with E-state index >= 15 is 0 Å². The van der Waals surface area contributed by atoms with E-state index in [1.807, 2.05) is 0 Å². The zero-order chi connectivity index (χ0) is 16.3. The van der Waals surface area contributed by atoms with Crippen molar-refractivity contribution in [1.29, 1.82) is 0 Å². The number of hydrogen-bond acceptors (Lipinski definition) is 4. The molecule has 0 saturated heterocycles. The number of carboxylic acid groups (broad SMARTS) is 1. The first kappa shape index (κ1) is 16.4. The Balaban J connectivity index is 1.84. The van der Waals surface area contributed by atoms with E-state index in [2.05, 4.69) is 10.0 Å². The van der Waals surface area contributed by atoms with Crippen LogP contribution < -0.4 is 10.0 Å². The molecule has 120 valence electrons. The van der Waals surface area contributed by atoms with Gasteiger partial charge in [0, 0.05) is 6.54 Å². The lowest BCUT2D eigenvalue weighted by molar-refractivity contribution is -0.140. The second-order valence-corrected chi connectivity index (χ2v) is 7.21. The van der Waals surface area contributed by atoms with Gasteiger partial charge in [0.15, 0.2) is 0 Å². The number of nitrogens with one attached hydrogen (secondary N) is 2. The summed E-state index contributed by atoms with van der Waals surface area (Å²) in [5, 5.41) is 11.5. The van der Waals surface area contributed by atoms with E-state index in [9.17, 15) is 18.0 Å². The quantitative estimate of drug-likeness (QED) is 0.656. The number of sulfonamides is 1. The third-order valence-corrected chi connectivity index (χ3v) is 4.94. The molecule has 0 aliphatic heterocycles. The number of aliphatic carboxylic acids is 1. The zero-order valence-electron chi connectivity index (χ0n) is 12.1. The van der Waals surface area contributed by atoms with Gasteiger partial charge in [-0.15, -0.1) is 0 Å². The highest BCUT2D eigenvalue weighted by Crippen LogP contribution is 2.38. The van der Waals surface area contributed by atoms with Crippen LogP contribution in [0.4, 0.5) is 0 Å². The lowest BCUT2D eigenvalue weighted by Gasteiger charge is -2.06. The molecule has 22 heavy (non-hydrogen) atoms. The third kappa shape index (κ3) is 4.28. The van der Waals surface area contributed by atoms with Gasteiger partial charge in [0.1, 0.15) is 0 Å². The van der Waals surface area contributed by atoms with Crippen LogP contribution in [0.2, 0.25) is 0 Å². The van der Waals surface area contributed by atoms with Gasteiger partial charge >= 0.3 is 5.97 Å². The molecule has 0 aromatic heterocycles. The summed E-state index contributed by atoms with van der Waals surface area (Å²) in [7, 11) is -1.94. The number of carbonyl (C=O) groups excluding carboxylic acids is 1. The molecule has 0 heterocycles. The normalized spacial score (nSPS) is 20.4. The van der Waals surface area contributed by atoms with Crippen LogP contribution in [0.25, 0.3) is 0 Å². The summed E-state index contributed by atoms with van der Waals surface area (Å²) in [6, 6.07) is 6.85. The molecular weight excluding hydrogens is 308 g/mol. The third-order valence-electron chi connectivity index (χ3n) is 3.60. The minimum absolute atomic E-state index is 0.0987. The molecule has 1 aliphatic carbocycles. The first-order valence-electron chi connectivity index (χ1n) is 6.82. The molecule has 0 bridgehead atoms. The average Bonchev–Trinajstić information content (AvgIpc) is 3.26. The van der Waals surface area contributed by atoms with Gasteiger partial charge < -0.3 is 10.4 Å². The molecule has 8 heteroatoms. The standard InChI is InChI=1S/C14H18N2O5S/c1-15-22(20,21)8-10-4-2-9(3-5-10)7-16-13(17)11-6-12(11)14(18)19/h2-5,11-12,15H,6-8H2,1H3,(H,16,17)(H,18,19). The van der Waals surface area contributed by atoms with Crippen LogP contribution in [0.3, 0.4) is 0 Å². The molecule has 1 aliphatic rings. The molecule has 1 aromatic rings. The molecule has 1 aromatic carbocycles.